The average molecular weight is 275 g/mol. The fourth-order valence-corrected chi connectivity index (χ4v) is 3.85. The molecule has 2 saturated carbocycles. The zero-order valence-electron chi connectivity index (χ0n) is 11.5. The number of carbonyl (C=O) groups excluding carboxylic acids is 1. The zero-order valence-corrected chi connectivity index (χ0v) is 11.5. The van der Waals surface area contributed by atoms with Gasteiger partial charge in [-0.15, -0.1) is 0 Å². The van der Waals surface area contributed by atoms with Crippen LogP contribution in [0.5, 0.6) is 0 Å². The van der Waals surface area contributed by atoms with Crippen LogP contribution in [0.3, 0.4) is 0 Å². The minimum atomic E-state index is -0.247. The maximum atomic E-state index is 12.3. The van der Waals surface area contributed by atoms with Crippen LogP contribution in [0, 0.1) is 11.8 Å². The zero-order chi connectivity index (χ0) is 14.1. The number of amides is 1. The van der Waals surface area contributed by atoms with Crippen LogP contribution in [0.2, 0.25) is 0 Å². The first kappa shape index (κ1) is 13.4. The van der Waals surface area contributed by atoms with E-state index in [0.717, 1.165) is 25.7 Å². The summed E-state index contributed by atoms with van der Waals surface area (Å²) in [4.78, 5) is 26.1. The van der Waals surface area contributed by atoms with Crippen molar-refractivity contribution in [2.24, 2.45) is 17.6 Å². The van der Waals surface area contributed by atoms with Crippen LogP contribution in [-0.2, 0) is 0 Å². The molecule has 2 unspecified atom stereocenters. The lowest BCUT2D eigenvalue weighted by Crippen LogP contribution is -2.53. The van der Waals surface area contributed by atoms with Crippen molar-refractivity contribution >= 4 is 5.91 Å². The number of aromatic nitrogens is 1. The average Bonchev–Trinajstić information content (AvgIpc) is 2.39. The van der Waals surface area contributed by atoms with Gasteiger partial charge in [-0.2, -0.15) is 0 Å². The summed E-state index contributed by atoms with van der Waals surface area (Å²) in [6, 6.07) is 3.48. The molecule has 4 N–H and O–H groups in total. The Kier molecular flexibility index (Phi) is 3.61. The number of pyridine rings is 1. The monoisotopic (exact) mass is 275 g/mol. The van der Waals surface area contributed by atoms with Crippen molar-refractivity contribution < 1.29 is 4.79 Å². The van der Waals surface area contributed by atoms with Crippen LogP contribution in [0.1, 0.15) is 42.5 Å². The first-order chi connectivity index (χ1) is 9.63. The third kappa shape index (κ3) is 2.63. The third-order valence-corrected chi connectivity index (χ3v) is 4.71. The first-order valence-electron chi connectivity index (χ1n) is 7.38. The molecule has 2 bridgehead atoms. The molecule has 2 aliphatic carbocycles. The Balaban J connectivity index is 1.74. The summed E-state index contributed by atoms with van der Waals surface area (Å²) in [5, 5.41) is 3.14. The van der Waals surface area contributed by atoms with Gasteiger partial charge < -0.3 is 16.0 Å². The fraction of sp³-hybridized carbons (Fsp3) is 0.600. The van der Waals surface area contributed by atoms with E-state index in [4.69, 9.17) is 5.73 Å². The van der Waals surface area contributed by atoms with Gasteiger partial charge >= 0.3 is 0 Å². The van der Waals surface area contributed by atoms with Gasteiger partial charge in [0.1, 0.15) is 0 Å². The van der Waals surface area contributed by atoms with Gasteiger partial charge in [0, 0.05) is 29.9 Å². The van der Waals surface area contributed by atoms with Crippen molar-refractivity contribution in [1.82, 2.24) is 10.3 Å². The van der Waals surface area contributed by atoms with Crippen molar-refractivity contribution in [2.45, 2.75) is 44.2 Å². The standard InChI is InChI=1S/C15H21N3O2/c16-12-6-9-2-1-3-10(7-12)14(9)18-15(20)11-4-5-17-13(19)8-11/h4-5,8-10,12,14H,1-3,6-7,16H2,(H,17,19)(H,18,20). The van der Waals surface area contributed by atoms with Crippen molar-refractivity contribution in [2.75, 3.05) is 0 Å². The molecule has 2 atom stereocenters. The second-order valence-electron chi connectivity index (χ2n) is 6.12. The second kappa shape index (κ2) is 5.40. The molecule has 0 aliphatic heterocycles. The van der Waals surface area contributed by atoms with Gasteiger partial charge in [-0.3, -0.25) is 9.59 Å². The summed E-state index contributed by atoms with van der Waals surface area (Å²) in [5.41, 5.74) is 6.28. The topological polar surface area (TPSA) is 88.0 Å². The van der Waals surface area contributed by atoms with Crippen molar-refractivity contribution in [3.63, 3.8) is 0 Å². The fourth-order valence-electron chi connectivity index (χ4n) is 3.85. The molecule has 0 saturated heterocycles. The Morgan fingerprint density at radius 1 is 1.30 bits per heavy atom. The van der Waals surface area contributed by atoms with E-state index in [1.807, 2.05) is 0 Å². The van der Waals surface area contributed by atoms with Gasteiger partial charge in [-0.05, 0) is 43.6 Å². The molecule has 1 heterocycles. The van der Waals surface area contributed by atoms with E-state index < -0.39 is 0 Å². The molecule has 0 aromatic carbocycles. The van der Waals surface area contributed by atoms with Crippen LogP contribution >= 0.6 is 0 Å². The normalized spacial score (nSPS) is 32.6. The quantitative estimate of drug-likeness (QED) is 0.752. The smallest absolute Gasteiger partial charge is 0.251 e. The van der Waals surface area contributed by atoms with Gasteiger partial charge in [-0.25, -0.2) is 0 Å². The summed E-state index contributed by atoms with van der Waals surface area (Å²) in [7, 11) is 0. The SMILES string of the molecule is NC1CC2CCCC(C1)C2NC(=O)c1cc[nH]c(=O)c1. The predicted molar refractivity (Wildman–Crippen MR) is 76.4 cm³/mol. The number of aromatic amines is 1. The Morgan fingerprint density at radius 2 is 2.00 bits per heavy atom. The molecule has 2 aliphatic rings. The summed E-state index contributed by atoms with van der Waals surface area (Å²) >= 11 is 0. The highest BCUT2D eigenvalue weighted by Gasteiger charge is 2.39. The van der Waals surface area contributed by atoms with E-state index in [-0.39, 0.29) is 23.6 Å². The van der Waals surface area contributed by atoms with Crippen LogP contribution in [0.15, 0.2) is 23.1 Å². The maximum Gasteiger partial charge on any atom is 0.251 e. The maximum absolute atomic E-state index is 12.3. The molecule has 5 heteroatoms. The Bertz CT molecular complexity index is 540. The molecule has 0 radical (unpaired) electrons. The molecule has 5 nitrogen and oxygen atoms in total. The lowest BCUT2D eigenvalue weighted by molar-refractivity contribution is 0.0756. The largest absolute Gasteiger partial charge is 0.349 e. The highest BCUT2D eigenvalue weighted by atomic mass is 16.2. The summed E-state index contributed by atoms with van der Waals surface area (Å²) in [5.74, 6) is 0.834. The van der Waals surface area contributed by atoms with E-state index in [1.54, 1.807) is 6.07 Å². The third-order valence-electron chi connectivity index (χ3n) is 4.71. The van der Waals surface area contributed by atoms with Gasteiger partial charge in [-0.1, -0.05) is 6.42 Å². The Morgan fingerprint density at radius 3 is 2.65 bits per heavy atom. The minimum absolute atomic E-state index is 0.145. The minimum Gasteiger partial charge on any atom is -0.349 e. The number of rotatable bonds is 2. The first-order valence-corrected chi connectivity index (χ1v) is 7.38. The molecule has 1 amide bonds. The lowest BCUT2D eigenvalue weighted by Gasteiger charge is -2.45. The number of hydrogen-bond donors (Lipinski definition) is 3. The molecule has 1 aromatic heterocycles. The van der Waals surface area contributed by atoms with Crippen LogP contribution in [0.4, 0.5) is 0 Å². The van der Waals surface area contributed by atoms with Crippen LogP contribution < -0.4 is 16.6 Å². The number of nitrogens with two attached hydrogens (primary N) is 1. The molecule has 20 heavy (non-hydrogen) atoms. The van der Waals surface area contributed by atoms with E-state index in [1.165, 1.54) is 18.7 Å². The molecule has 3 rings (SSSR count). The molecule has 2 fully saturated rings. The van der Waals surface area contributed by atoms with Gasteiger partial charge in [0.15, 0.2) is 0 Å². The molecular weight excluding hydrogens is 254 g/mol. The summed E-state index contributed by atoms with van der Waals surface area (Å²) < 4.78 is 0. The number of hydrogen-bond acceptors (Lipinski definition) is 3. The van der Waals surface area contributed by atoms with Gasteiger partial charge in [0.25, 0.3) is 5.91 Å². The number of fused-ring (bicyclic) bond motifs is 2. The predicted octanol–water partition coefficient (Wildman–Crippen LogP) is 1.01. The van der Waals surface area contributed by atoms with E-state index >= 15 is 0 Å². The summed E-state index contributed by atoms with van der Waals surface area (Å²) in [6.07, 6.45) is 7.02. The van der Waals surface area contributed by atoms with Crippen molar-refractivity contribution in [3.8, 4) is 0 Å². The molecule has 1 aromatic rings. The van der Waals surface area contributed by atoms with E-state index in [9.17, 15) is 9.59 Å². The molecular formula is C15H21N3O2. The van der Waals surface area contributed by atoms with Gasteiger partial charge in [0.2, 0.25) is 5.56 Å². The van der Waals surface area contributed by atoms with Crippen LogP contribution in [-0.4, -0.2) is 23.0 Å². The van der Waals surface area contributed by atoms with Gasteiger partial charge in [0.05, 0.1) is 0 Å². The van der Waals surface area contributed by atoms with Crippen molar-refractivity contribution in [1.29, 1.82) is 0 Å². The number of nitrogens with one attached hydrogen (secondary N) is 2. The van der Waals surface area contributed by atoms with Crippen LogP contribution in [0.25, 0.3) is 0 Å². The second-order valence-corrected chi connectivity index (χ2v) is 6.12. The summed E-state index contributed by atoms with van der Waals surface area (Å²) in [6.45, 7) is 0. The highest BCUT2D eigenvalue weighted by Crippen LogP contribution is 2.39. The Labute approximate surface area is 118 Å². The lowest BCUT2D eigenvalue weighted by atomic mass is 9.67. The highest BCUT2D eigenvalue weighted by molar-refractivity contribution is 5.94. The van der Waals surface area contributed by atoms with E-state index in [2.05, 4.69) is 10.3 Å². The number of H-pyrrole nitrogens is 1. The molecule has 108 valence electrons. The van der Waals surface area contributed by atoms with E-state index in [0.29, 0.717) is 17.4 Å². The van der Waals surface area contributed by atoms with Crippen molar-refractivity contribution in [3.05, 3.63) is 34.2 Å². The number of carbonyl (C=O) groups is 1. The Hall–Kier alpha value is -1.62. The molecule has 0 spiro atoms.